The molecule has 2 rings (SSSR count). The van der Waals surface area contributed by atoms with Crippen LogP contribution in [0.3, 0.4) is 0 Å². The van der Waals surface area contributed by atoms with Gasteiger partial charge < -0.3 is 14.6 Å². The van der Waals surface area contributed by atoms with E-state index in [0.29, 0.717) is 12.4 Å². The van der Waals surface area contributed by atoms with Crippen LogP contribution >= 0.6 is 0 Å². The van der Waals surface area contributed by atoms with E-state index in [1.54, 1.807) is 7.11 Å². The molecule has 0 unspecified atom stereocenters. The Morgan fingerprint density at radius 1 is 1.00 bits per heavy atom. The molecule has 0 heterocycles. The number of para-hydroxylation sites is 2. The predicted molar refractivity (Wildman–Crippen MR) is 77.7 cm³/mol. The Morgan fingerprint density at radius 2 is 1.70 bits per heavy atom. The van der Waals surface area contributed by atoms with Gasteiger partial charge in [-0.1, -0.05) is 42.2 Å². The first-order valence-electron chi connectivity index (χ1n) is 6.28. The van der Waals surface area contributed by atoms with Crippen LogP contribution in [0, 0.1) is 11.8 Å². The van der Waals surface area contributed by atoms with Crippen LogP contribution in [-0.4, -0.2) is 18.8 Å². The van der Waals surface area contributed by atoms with Gasteiger partial charge in [-0.3, -0.25) is 0 Å². The average molecular weight is 268 g/mol. The fourth-order valence-electron chi connectivity index (χ4n) is 1.81. The van der Waals surface area contributed by atoms with Gasteiger partial charge in [0, 0.05) is 5.56 Å². The van der Waals surface area contributed by atoms with Gasteiger partial charge in [0.2, 0.25) is 0 Å². The molecule has 0 aliphatic heterocycles. The molecule has 0 fully saturated rings. The van der Waals surface area contributed by atoms with Gasteiger partial charge in [-0.05, 0) is 18.2 Å². The lowest BCUT2D eigenvalue weighted by molar-refractivity contribution is 0.296. The molecule has 102 valence electrons. The third kappa shape index (κ3) is 3.53. The maximum absolute atomic E-state index is 8.76. The van der Waals surface area contributed by atoms with E-state index in [0.717, 1.165) is 16.9 Å². The van der Waals surface area contributed by atoms with Crippen molar-refractivity contribution in [1.82, 2.24) is 0 Å². The number of methoxy groups -OCH3 is 1. The first-order valence-corrected chi connectivity index (χ1v) is 6.28. The summed E-state index contributed by atoms with van der Waals surface area (Å²) in [6.07, 6.45) is 0. The third-order valence-electron chi connectivity index (χ3n) is 2.76. The standard InChI is InChI=1S/C17H16O3/c1-19-16-10-4-3-8-15(16)13-20-17-11-5-2-7-14(17)9-6-12-18/h2-5,7-8,10-11,18H,12-13H2,1H3. The Morgan fingerprint density at radius 3 is 2.45 bits per heavy atom. The van der Waals surface area contributed by atoms with E-state index in [4.69, 9.17) is 14.6 Å². The van der Waals surface area contributed by atoms with Crippen LogP contribution in [0.1, 0.15) is 11.1 Å². The molecule has 0 aliphatic rings. The van der Waals surface area contributed by atoms with E-state index in [2.05, 4.69) is 11.8 Å². The maximum Gasteiger partial charge on any atom is 0.135 e. The molecule has 0 spiro atoms. The summed E-state index contributed by atoms with van der Waals surface area (Å²) in [6, 6.07) is 15.2. The van der Waals surface area contributed by atoms with Crippen LogP contribution in [0.25, 0.3) is 0 Å². The van der Waals surface area contributed by atoms with Gasteiger partial charge >= 0.3 is 0 Å². The highest BCUT2D eigenvalue weighted by Crippen LogP contribution is 2.22. The number of rotatable bonds is 4. The van der Waals surface area contributed by atoms with Gasteiger partial charge in [-0.15, -0.1) is 0 Å². The van der Waals surface area contributed by atoms with Crippen molar-refractivity contribution in [1.29, 1.82) is 0 Å². The zero-order valence-corrected chi connectivity index (χ0v) is 11.3. The highest BCUT2D eigenvalue weighted by Gasteiger charge is 2.04. The van der Waals surface area contributed by atoms with E-state index in [9.17, 15) is 0 Å². The lowest BCUT2D eigenvalue weighted by atomic mass is 10.2. The topological polar surface area (TPSA) is 38.7 Å². The number of hydrogen-bond donors (Lipinski definition) is 1. The van der Waals surface area contributed by atoms with Crippen molar-refractivity contribution in [2.75, 3.05) is 13.7 Å². The van der Waals surface area contributed by atoms with Crippen LogP contribution in [0.2, 0.25) is 0 Å². The van der Waals surface area contributed by atoms with Crippen LogP contribution in [-0.2, 0) is 6.61 Å². The van der Waals surface area contributed by atoms with Crippen LogP contribution in [0.15, 0.2) is 48.5 Å². The monoisotopic (exact) mass is 268 g/mol. The predicted octanol–water partition coefficient (Wildman–Crippen LogP) is 2.62. The van der Waals surface area contributed by atoms with Gasteiger partial charge in [-0.25, -0.2) is 0 Å². The summed E-state index contributed by atoms with van der Waals surface area (Å²) < 4.78 is 11.1. The normalized spacial score (nSPS) is 9.50. The molecule has 0 radical (unpaired) electrons. The molecular formula is C17H16O3. The van der Waals surface area contributed by atoms with Gasteiger partial charge in [0.1, 0.15) is 24.7 Å². The molecule has 2 aromatic rings. The Hall–Kier alpha value is -2.44. The molecule has 20 heavy (non-hydrogen) atoms. The summed E-state index contributed by atoms with van der Waals surface area (Å²) in [4.78, 5) is 0. The fourth-order valence-corrected chi connectivity index (χ4v) is 1.81. The second-order valence-corrected chi connectivity index (χ2v) is 4.06. The van der Waals surface area contributed by atoms with Gasteiger partial charge in [-0.2, -0.15) is 0 Å². The summed E-state index contributed by atoms with van der Waals surface area (Å²) in [5.74, 6) is 6.99. The van der Waals surface area contributed by atoms with Gasteiger partial charge in [0.15, 0.2) is 0 Å². The zero-order chi connectivity index (χ0) is 14.2. The smallest absolute Gasteiger partial charge is 0.135 e. The van der Waals surface area contributed by atoms with E-state index in [1.165, 1.54) is 0 Å². The van der Waals surface area contributed by atoms with Crippen molar-refractivity contribution in [2.24, 2.45) is 0 Å². The maximum atomic E-state index is 8.76. The van der Waals surface area contributed by atoms with Crippen molar-refractivity contribution in [3.05, 3.63) is 59.7 Å². The van der Waals surface area contributed by atoms with Crippen LogP contribution < -0.4 is 9.47 Å². The zero-order valence-electron chi connectivity index (χ0n) is 11.3. The van der Waals surface area contributed by atoms with E-state index >= 15 is 0 Å². The molecule has 3 nitrogen and oxygen atoms in total. The molecule has 0 aromatic heterocycles. The first kappa shape index (κ1) is 14.0. The van der Waals surface area contributed by atoms with E-state index in [1.807, 2.05) is 48.5 Å². The average Bonchev–Trinajstić information content (AvgIpc) is 2.52. The number of aliphatic hydroxyl groups is 1. The molecule has 0 atom stereocenters. The summed E-state index contributed by atoms with van der Waals surface area (Å²) in [7, 11) is 1.64. The highest BCUT2D eigenvalue weighted by molar-refractivity contribution is 5.46. The molecule has 2 aromatic carbocycles. The van der Waals surface area contributed by atoms with Gasteiger partial charge in [0.25, 0.3) is 0 Å². The molecule has 0 amide bonds. The van der Waals surface area contributed by atoms with Gasteiger partial charge in [0.05, 0.1) is 12.7 Å². The second-order valence-electron chi connectivity index (χ2n) is 4.06. The minimum absolute atomic E-state index is 0.166. The van der Waals surface area contributed by atoms with Crippen LogP contribution in [0.5, 0.6) is 11.5 Å². The summed E-state index contributed by atoms with van der Waals surface area (Å²) >= 11 is 0. The Balaban J connectivity index is 2.15. The van der Waals surface area contributed by atoms with Crippen molar-refractivity contribution in [3.8, 4) is 23.3 Å². The van der Waals surface area contributed by atoms with Crippen molar-refractivity contribution in [3.63, 3.8) is 0 Å². The summed E-state index contributed by atoms with van der Waals surface area (Å²) in [6.45, 7) is 0.239. The van der Waals surface area contributed by atoms with E-state index < -0.39 is 0 Å². The molecule has 0 saturated carbocycles. The fraction of sp³-hybridized carbons (Fsp3) is 0.176. The number of benzene rings is 2. The highest BCUT2D eigenvalue weighted by atomic mass is 16.5. The molecule has 0 bridgehead atoms. The quantitative estimate of drug-likeness (QED) is 0.866. The SMILES string of the molecule is COc1ccccc1COc1ccccc1C#CCO. The summed E-state index contributed by atoms with van der Waals surface area (Å²) in [5.41, 5.74) is 1.73. The van der Waals surface area contributed by atoms with Crippen molar-refractivity contribution in [2.45, 2.75) is 6.61 Å². The van der Waals surface area contributed by atoms with E-state index in [-0.39, 0.29) is 6.61 Å². The van der Waals surface area contributed by atoms with Crippen LogP contribution in [0.4, 0.5) is 0 Å². The lowest BCUT2D eigenvalue weighted by Gasteiger charge is -2.11. The largest absolute Gasteiger partial charge is 0.496 e. The summed E-state index contributed by atoms with van der Waals surface area (Å²) in [5, 5.41) is 8.76. The second kappa shape index (κ2) is 7.22. The Bertz CT molecular complexity index is 623. The molecule has 0 aliphatic carbocycles. The number of ether oxygens (including phenoxy) is 2. The minimum atomic E-state index is -0.166. The van der Waals surface area contributed by atoms with Crippen molar-refractivity contribution >= 4 is 0 Å². The first-order chi connectivity index (χ1) is 9.85. The molecule has 0 saturated heterocycles. The molecule has 1 N–H and O–H groups in total. The molecular weight excluding hydrogens is 252 g/mol. The third-order valence-corrected chi connectivity index (χ3v) is 2.76. The number of aliphatic hydroxyl groups excluding tert-OH is 1. The molecule has 3 heteroatoms. The minimum Gasteiger partial charge on any atom is -0.496 e. The Kier molecular flexibility index (Phi) is 5.05. The lowest BCUT2D eigenvalue weighted by Crippen LogP contribution is -1.99. The Labute approximate surface area is 118 Å². The van der Waals surface area contributed by atoms with Crippen molar-refractivity contribution < 1.29 is 14.6 Å². The number of hydrogen-bond acceptors (Lipinski definition) is 3.